The predicted molar refractivity (Wildman–Crippen MR) is 87.3 cm³/mol. The fraction of sp³-hybridized carbons (Fsp3) is 0.625. The third-order valence-corrected chi connectivity index (χ3v) is 5.93. The average Bonchev–Trinajstić information content (AvgIpc) is 2.47. The Bertz CT molecular complexity index is 591. The van der Waals surface area contributed by atoms with Crippen LogP contribution in [0.3, 0.4) is 0 Å². The van der Waals surface area contributed by atoms with Crippen LogP contribution in [0.2, 0.25) is 0 Å². The maximum Gasteiger partial charge on any atom is 0.243 e. The van der Waals surface area contributed by atoms with Crippen LogP contribution in [0, 0.1) is 6.92 Å². The Balaban J connectivity index is 2.49. The normalized spacial score (nSPS) is 14.9. The van der Waals surface area contributed by atoms with Crippen molar-refractivity contribution in [3.63, 3.8) is 0 Å². The van der Waals surface area contributed by atoms with Crippen LogP contribution in [-0.2, 0) is 16.4 Å². The van der Waals surface area contributed by atoms with E-state index in [0.717, 1.165) is 49.0 Å². The largest absolute Gasteiger partial charge is 0.385 e. The lowest BCUT2D eigenvalue weighted by molar-refractivity contribution is 0.409. The Morgan fingerprint density at radius 3 is 2.48 bits per heavy atom. The van der Waals surface area contributed by atoms with Gasteiger partial charge >= 0.3 is 0 Å². The van der Waals surface area contributed by atoms with Gasteiger partial charge in [-0.15, -0.1) is 0 Å². The first-order valence-electron chi connectivity index (χ1n) is 7.88. The Labute approximate surface area is 128 Å². The zero-order valence-electron chi connectivity index (χ0n) is 13.3. The van der Waals surface area contributed by atoms with Crippen LogP contribution in [0.4, 0.5) is 5.69 Å². The molecule has 1 N–H and O–H groups in total. The van der Waals surface area contributed by atoms with Crippen LogP contribution in [0.5, 0.6) is 0 Å². The summed E-state index contributed by atoms with van der Waals surface area (Å²) in [4.78, 5) is 0.497. The van der Waals surface area contributed by atoms with E-state index in [1.54, 1.807) is 10.4 Å². The molecular formula is C16H26N2O2S. The first-order chi connectivity index (χ1) is 10.0. The highest BCUT2D eigenvalue weighted by Crippen LogP contribution is 2.33. The highest BCUT2D eigenvalue weighted by Gasteiger charge is 2.28. The standard InChI is InChI=1S/C16H26N2O2S/c1-4-11-18(12-5-2)21(19,20)15-9-8-13(3)16-14(15)7-6-10-17-16/h8-9,17H,4-7,10-12H2,1-3H3. The summed E-state index contributed by atoms with van der Waals surface area (Å²) in [6.45, 7) is 8.17. The van der Waals surface area contributed by atoms with Crippen LogP contribution in [0.15, 0.2) is 17.0 Å². The van der Waals surface area contributed by atoms with Crippen molar-refractivity contribution >= 4 is 15.7 Å². The van der Waals surface area contributed by atoms with Gasteiger partial charge in [0, 0.05) is 25.3 Å². The quantitative estimate of drug-likeness (QED) is 0.878. The van der Waals surface area contributed by atoms with Crippen molar-refractivity contribution in [3.05, 3.63) is 23.3 Å². The molecule has 0 amide bonds. The van der Waals surface area contributed by atoms with E-state index in [0.29, 0.717) is 18.0 Å². The van der Waals surface area contributed by atoms with E-state index >= 15 is 0 Å². The number of nitrogens with zero attached hydrogens (tertiary/aromatic N) is 1. The summed E-state index contributed by atoms with van der Waals surface area (Å²) >= 11 is 0. The van der Waals surface area contributed by atoms with E-state index in [2.05, 4.69) is 5.32 Å². The number of benzene rings is 1. The molecule has 5 heteroatoms. The second-order valence-electron chi connectivity index (χ2n) is 5.67. The summed E-state index contributed by atoms with van der Waals surface area (Å²) in [6.07, 6.45) is 3.50. The van der Waals surface area contributed by atoms with Crippen LogP contribution < -0.4 is 5.32 Å². The molecule has 1 aliphatic heterocycles. The predicted octanol–water partition coefficient (Wildman–Crippen LogP) is 3.16. The van der Waals surface area contributed by atoms with Gasteiger partial charge in [-0.25, -0.2) is 8.42 Å². The van der Waals surface area contributed by atoms with Gasteiger partial charge in [-0.2, -0.15) is 4.31 Å². The molecule has 0 aromatic heterocycles. The minimum atomic E-state index is -3.39. The first-order valence-corrected chi connectivity index (χ1v) is 9.32. The molecule has 0 fully saturated rings. The zero-order valence-corrected chi connectivity index (χ0v) is 14.1. The SMILES string of the molecule is CCCN(CCC)S(=O)(=O)c1ccc(C)c2c1CCCN2. The minimum absolute atomic E-state index is 0.497. The molecule has 1 heterocycles. The summed E-state index contributed by atoms with van der Waals surface area (Å²) in [7, 11) is -3.39. The monoisotopic (exact) mass is 310 g/mol. The molecule has 0 atom stereocenters. The molecule has 1 aliphatic rings. The number of nitrogens with one attached hydrogen (secondary N) is 1. The van der Waals surface area contributed by atoms with Crippen molar-refractivity contribution in [2.24, 2.45) is 0 Å². The highest BCUT2D eigenvalue weighted by atomic mass is 32.2. The van der Waals surface area contributed by atoms with E-state index in [1.165, 1.54) is 0 Å². The number of hydrogen-bond acceptors (Lipinski definition) is 3. The molecule has 0 bridgehead atoms. The fourth-order valence-electron chi connectivity index (χ4n) is 2.95. The molecule has 1 aromatic rings. The third kappa shape index (κ3) is 3.24. The van der Waals surface area contributed by atoms with Gasteiger partial charge in [0.2, 0.25) is 10.0 Å². The molecule has 4 nitrogen and oxygen atoms in total. The number of rotatable bonds is 6. The van der Waals surface area contributed by atoms with E-state index < -0.39 is 10.0 Å². The van der Waals surface area contributed by atoms with Crippen LogP contribution >= 0.6 is 0 Å². The molecular weight excluding hydrogens is 284 g/mol. The molecule has 21 heavy (non-hydrogen) atoms. The summed E-state index contributed by atoms with van der Waals surface area (Å²) in [5.74, 6) is 0. The van der Waals surface area contributed by atoms with Crippen LogP contribution in [-0.4, -0.2) is 32.4 Å². The second-order valence-corrected chi connectivity index (χ2v) is 7.57. The Kier molecular flexibility index (Phi) is 5.27. The molecule has 1 aromatic carbocycles. The third-order valence-electron chi connectivity index (χ3n) is 3.95. The second kappa shape index (κ2) is 6.79. The summed E-state index contributed by atoms with van der Waals surface area (Å²) in [5, 5.41) is 3.36. The van der Waals surface area contributed by atoms with Crippen molar-refractivity contribution in [2.75, 3.05) is 25.0 Å². The molecule has 118 valence electrons. The lowest BCUT2D eigenvalue weighted by atomic mass is 10.00. The van der Waals surface area contributed by atoms with E-state index in [4.69, 9.17) is 0 Å². The van der Waals surface area contributed by atoms with Crippen LogP contribution in [0.1, 0.15) is 44.2 Å². The van der Waals surface area contributed by atoms with Crippen molar-refractivity contribution in [3.8, 4) is 0 Å². The fourth-order valence-corrected chi connectivity index (χ4v) is 4.83. The van der Waals surface area contributed by atoms with E-state index in [-0.39, 0.29) is 0 Å². The first kappa shape index (κ1) is 16.3. The van der Waals surface area contributed by atoms with Gasteiger partial charge in [-0.3, -0.25) is 0 Å². The van der Waals surface area contributed by atoms with E-state index in [9.17, 15) is 8.42 Å². The molecule has 0 radical (unpaired) electrons. The summed E-state index contributed by atoms with van der Waals surface area (Å²) < 4.78 is 27.6. The maximum absolute atomic E-state index is 13.0. The van der Waals surface area contributed by atoms with Crippen molar-refractivity contribution in [1.82, 2.24) is 4.31 Å². The molecule has 0 unspecified atom stereocenters. The smallest absolute Gasteiger partial charge is 0.243 e. The Hall–Kier alpha value is -1.07. The van der Waals surface area contributed by atoms with Crippen molar-refractivity contribution in [2.45, 2.75) is 51.3 Å². The molecule has 0 saturated carbocycles. The Morgan fingerprint density at radius 2 is 1.86 bits per heavy atom. The van der Waals surface area contributed by atoms with Gasteiger partial charge in [0.15, 0.2) is 0 Å². The van der Waals surface area contributed by atoms with Crippen LogP contribution in [0.25, 0.3) is 0 Å². The van der Waals surface area contributed by atoms with E-state index in [1.807, 2.05) is 26.8 Å². The number of sulfonamides is 1. The van der Waals surface area contributed by atoms with Gasteiger partial charge in [0.1, 0.15) is 0 Å². The van der Waals surface area contributed by atoms with Gasteiger partial charge in [0.05, 0.1) is 4.90 Å². The summed E-state index contributed by atoms with van der Waals surface area (Å²) in [5.41, 5.74) is 3.12. The topological polar surface area (TPSA) is 49.4 Å². The lowest BCUT2D eigenvalue weighted by Gasteiger charge is -2.27. The zero-order chi connectivity index (χ0) is 15.5. The molecule has 0 spiro atoms. The molecule has 0 saturated heterocycles. The average molecular weight is 310 g/mol. The van der Waals surface area contributed by atoms with Crippen molar-refractivity contribution < 1.29 is 8.42 Å². The highest BCUT2D eigenvalue weighted by molar-refractivity contribution is 7.89. The van der Waals surface area contributed by atoms with Gasteiger partial charge in [-0.05, 0) is 49.8 Å². The Morgan fingerprint density at radius 1 is 1.19 bits per heavy atom. The minimum Gasteiger partial charge on any atom is -0.385 e. The number of aryl methyl sites for hydroxylation is 1. The molecule has 2 rings (SSSR count). The number of hydrogen-bond donors (Lipinski definition) is 1. The number of fused-ring (bicyclic) bond motifs is 1. The lowest BCUT2D eigenvalue weighted by Crippen LogP contribution is -2.33. The van der Waals surface area contributed by atoms with Gasteiger partial charge in [0.25, 0.3) is 0 Å². The van der Waals surface area contributed by atoms with Crippen molar-refractivity contribution in [1.29, 1.82) is 0 Å². The summed E-state index contributed by atoms with van der Waals surface area (Å²) in [6, 6.07) is 3.70. The van der Waals surface area contributed by atoms with Gasteiger partial charge < -0.3 is 5.32 Å². The van der Waals surface area contributed by atoms with Gasteiger partial charge in [-0.1, -0.05) is 19.9 Å². The maximum atomic E-state index is 13.0. The molecule has 0 aliphatic carbocycles. The number of anilines is 1.